The zero-order valence-electron chi connectivity index (χ0n) is 22.6. The summed E-state index contributed by atoms with van der Waals surface area (Å²) in [5.41, 5.74) is 5.94. The van der Waals surface area contributed by atoms with Gasteiger partial charge in [-0.05, 0) is 55.3 Å². The zero-order chi connectivity index (χ0) is 28.2. The van der Waals surface area contributed by atoms with Gasteiger partial charge in [-0.2, -0.15) is 0 Å². The lowest BCUT2D eigenvalue weighted by Gasteiger charge is -2.14. The molecule has 0 aliphatic heterocycles. The first-order valence-electron chi connectivity index (χ1n) is 13.0. The van der Waals surface area contributed by atoms with Gasteiger partial charge in [-0.3, -0.25) is 0 Å². The summed E-state index contributed by atoms with van der Waals surface area (Å²) in [5, 5.41) is 6.54. The molecule has 0 saturated carbocycles. The van der Waals surface area contributed by atoms with Gasteiger partial charge in [-0.1, -0.05) is 68.5 Å². The van der Waals surface area contributed by atoms with Gasteiger partial charge in [0.1, 0.15) is 0 Å². The number of nitrogens with zero attached hydrogens (tertiary/aromatic N) is 1. The third-order valence-corrected chi connectivity index (χ3v) is 8.58. The van der Waals surface area contributed by atoms with Crippen molar-refractivity contribution in [2.75, 3.05) is 12.9 Å². The summed E-state index contributed by atoms with van der Waals surface area (Å²) in [5.74, 6) is -0.401. The summed E-state index contributed by atoms with van der Waals surface area (Å²) in [6, 6.07) is 20.9. The Kier molecular flexibility index (Phi) is 9.00. The van der Waals surface area contributed by atoms with E-state index in [1.807, 2.05) is 36.6 Å². The van der Waals surface area contributed by atoms with E-state index in [9.17, 15) is 13.2 Å². The van der Waals surface area contributed by atoms with E-state index in [1.165, 1.54) is 11.8 Å². The molecule has 1 aromatic heterocycles. The number of ether oxygens (including phenoxy) is 1. The maximum atomic E-state index is 12.4. The van der Waals surface area contributed by atoms with E-state index in [2.05, 4.69) is 30.2 Å². The van der Waals surface area contributed by atoms with Crippen LogP contribution in [-0.2, 0) is 32.5 Å². The SMILES string of the molecule is C=C(C(=O)OCC)c1ccc2c(cc(CCCC)n2Cc2ccc(-c3ccccc3S(N)(=O)=O)cc2)c1SC. The summed E-state index contributed by atoms with van der Waals surface area (Å²) < 4.78 is 31.7. The number of rotatable bonds is 11. The van der Waals surface area contributed by atoms with Gasteiger partial charge in [0.05, 0.1) is 17.1 Å². The summed E-state index contributed by atoms with van der Waals surface area (Å²) >= 11 is 1.60. The summed E-state index contributed by atoms with van der Waals surface area (Å²) in [4.78, 5) is 13.6. The number of hydrogen-bond donors (Lipinski definition) is 1. The lowest BCUT2D eigenvalue weighted by Crippen LogP contribution is -2.13. The second-order valence-corrected chi connectivity index (χ2v) is 11.7. The molecule has 3 aromatic carbocycles. The Morgan fingerprint density at radius 2 is 1.77 bits per heavy atom. The third-order valence-electron chi connectivity index (χ3n) is 6.76. The standard InChI is InChI=1S/C31H34N2O4S2/c1-5-7-10-24-19-27-28(18-17-25(30(27)38-4)21(3)31(34)37-6-2)33(24)20-22-13-15-23(16-14-22)26-11-8-9-12-29(26)39(32,35)36/h8-9,11-19H,3,5-7,10,20H2,1-2,4H3,(H2,32,35,36). The number of aromatic nitrogens is 1. The number of carbonyl (C=O) groups excluding carboxylic acids is 1. The van der Waals surface area contributed by atoms with Crippen LogP contribution >= 0.6 is 11.8 Å². The molecular formula is C31H34N2O4S2. The van der Waals surface area contributed by atoms with Gasteiger partial charge in [0, 0.05) is 39.2 Å². The van der Waals surface area contributed by atoms with Crippen molar-refractivity contribution >= 4 is 44.2 Å². The van der Waals surface area contributed by atoms with Crippen molar-refractivity contribution in [2.24, 2.45) is 5.14 Å². The van der Waals surface area contributed by atoms with Crippen LogP contribution in [0.4, 0.5) is 0 Å². The first-order chi connectivity index (χ1) is 18.7. The lowest BCUT2D eigenvalue weighted by molar-refractivity contribution is -0.136. The van der Waals surface area contributed by atoms with Crippen molar-refractivity contribution in [2.45, 2.75) is 49.4 Å². The molecular weight excluding hydrogens is 528 g/mol. The van der Waals surface area contributed by atoms with Crippen molar-refractivity contribution in [3.63, 3.8) is 0 Å². The Morgan fingerprint density at radius 1 is 1.05 bits per heavy atom. The maximum Gasteiger partial charge on any atom is 0.338 e. The number of esters is 1. The normalized spacial score (nSPS) is 11.6. The fraction of sp³-hybridized carbons (Fsp3) is 0.258. The number of thioether (sulfide) groups is 1. The van der Waals surface area contributed by atoms with Gasteiger partial charge in [0.25, 0.3) is 0 Å². The van der Waals surface area contributed by atoms with E-state index in [0.29, 0.717) is 24.3 Å². The number of fused-ring (bicyclic) bond motifs is 1. The number of sulfonamides is 1. The molecule has 0 aliphatic carbocycles. The fourth-order valence-corrected chi connectivity index (χ4v) is 6.38. The molecule has 0 amide bonds. The predicted octanol–water partition coefficient (Wildman–Crippen LogP) is 6.64. The van der Waals surface area contributed by atoms with Crippen LogP contribution in [0.15, 0.2) is 83.1 Å². The van der Waals surface area contributed by atoms with Gasteiger partial charge in [0.15, 0.2) is 0 Å². The van der Waals surface area contributed by atoms with E-state index in [4.69, 9.17) is 9.88 Å². The van der Waals surface area contributed by atoms with Crippen LogP contribution in [0, 0.1) is 0 Å². The molecule has 0 aliphatic rings. The average molecular weight is 563 g/mol. The largest absolute Gasteiger partial charge is 0.462 e. The van der Waals surface area contributed by atoms with Crippen LogP contribution < -0.4 is 5.14 Å². The van der Waals surface area contributed by atoms with Crippen LogP contribution in [0.2, 0.25) is 0 Å². The molecule has 0 saturated heterocycles. The number of primary sulfonamides is 1. The van der Waals surface area contributed by atoms with Crippen molar-refractivity contribution in [1.29, 1.82) is 0 Å². The molecule has 0 atom stereocenters. The highest BCUT2D eigenvalue weighted by molar-refractivity contribution is 7.99. The Morgan fingerprint density at radius 3 is 2.41 bits per heavy atom. The molecule has 4 rings (SSSR count). The fourth-order valence-electron chi connectivity index (χ4n) is 4.83. The molecule has 6 nitrogen and oxygen atoms in total. The molecule has 0 radical (unpaired) electrons. The number of aryl methyl sites for hydroxylation is 1. The molecule has 0 bridgehead atoms. The topological polar surface area (TPSA) is 91.4 Å². The Labute approximate surface area is 234 Å². The second kappa shape index (κ2) is 12.2. The number of benzene rings is 3. The smallest absolute Gasteiger partial charge is 0.338 e. The number of carbonyl (C=O) groups is 1. The minimum absolute atomic E-state index is 0.112. The van der Waals surface area contributed by atoms with Crippen LogP contribution in [0.5, 0.6) is 0 Å². The second-order valence-electron chi connectivity index (χ2n) is 9.34. The number of unbranched alkanes of at least 4 members (excludes halogenated alkanes) is 1. The quantitative estimate of drug-likeness (QED) is 0.126. The average Bonchev–Trinajstić information content (AvgIpc) is 3.28. The van der Waals surface area contributed by atoms with Crippen molar-refractivity contribution in [3.05, 3.63) is 90.1 Å². The van der Waals surface area contributed by atoms with Crippen molar-refractivity contribution in [3.8, 4) is 11.1 Å². The van der Waals surface area contributed by atoms with Gasteiger partial charge >= 0.3 is 5.97 Å². The minimum atomic E-state index is -3.84. The highest BCUT2D eigenvalue weighted by atomic mass is 32.2. The summed E-state index contributed by atoms with van der Waals surface area (Å²) in [6.07, 6.45) is 5.10. The third kappa shape index (κ3) is 6.13. The minimum Gasteiger partial charge on any atom is -0.462 e. The molecule has 39 heavy (non-hydrogen) atoms. The van der Waals surface area contributed by atoms with Gasteiger partial charge < -0.3 is 9.30 Å². The Hall–Kier alpha value is -3.33. The monoisotopic (exact) mass is 562 g/mol. The van der Waals surface area contributed by atoms with E-state index < -0.39 is 16.0 Å². The predicted molar refractivity (Wildman–Crippen MR) is 160 cm³/mol. The van der Waals surface area contributed by atoms with E-state index in [0.717, 1.165) is 51.8 Å². The first-order valence-corrected chi connectivity index (χ1v) is 15.7. The molecule has 204 valence electrons. The Bertz CT molecular complexity index is 1620. The van der Waals surface area contributed by atoms with E-state index in [1.54, 1.807) is 36.9 Å². The van der Waals surface area contributed by atoms with E-state index >= 15 is 0 Å². The summed E-state index contributed by atoms with van der Waals surface area (Å²) in [6.45, 7) is 8.95. The molecule has 0 spiro atoms. The number of nitrogens with two attached hydrogens (primary N) is 1. The highest BCUT2D eigenvalue weighted by Crippen LogP contribution is 2.37. The van der Waals surface area contributed by atoms with E-state index in [-0.39, 0.29) is 4.90 Å². The molecule has 2 N–H and O–H groups in total. The van der Waals surface area contributed by atoms with Crippen molar-refractivity contribution < 1.29 is 17.9 Å². The van der Waals surface area contributed by atoms with Crippen LogP contribution in [0.1, 0.15) is 43.5 Å². The zero-order valence-corrected chi connectivity index (χ0v) is 24.2. The van der Waals surface area contributed by atoms with Crippen LogP contribution in [-0.4, -0.2) is 31.8 Å². The molecule has 0 fully saturated rings. The van der Waals surface area contributed by atoms with Gasteiger partial charge in [-0.25, -0.2) is 18.4 Å². The highest BCUT2D eigenvalue weighted by Gasteiger charge is 2.20. The first kappa shape index (κ1) is 28.7. The van der Waals surface area contributed by atoms with Crippen LogP contribution in [0.3, 0.4) is 0 Å². The molecule has 4 aromatic rings. The van der Waals surface area contributed by atoms with Crippen molar-refractivity contribution in [1.82, 2.24) is 4.57 Å². The van der Waals surface area contributed by atoms with Gasteiger partial charge in [0.2, 0.25) is 10.0 Å². The molecule has 0 unspecified atom stereocenters. The molecule has 8 heteroatoms. The molecule has 1 heterocycles. The maximum absolute atomic E-state index is 12.4. The summed E-state index contributed by atoms with van der Waals surface area (Å²) in [7, 11) is -3.84. The van der Waals surface area contributed by atoms with Crippen LogP contribution in [0.25, 0.3) is 27.6 Å². The Balaban J connectivity index is 1.74. The lowest BCUT2D eigenvalue weighted by atomic mass is 10.0. The number of hydrogen-bond acceptors (Lipinski definition) is 5. The van der Waals surface area contributed by atoms with Gasteiger partial charge in [-0.15, -0.1) is 11.8 Å².